The van der Waals surface area contributed by atoms with Crippen molar-refractivity contribution in [2.24, 2.45) is 5.73 Å². The first-order chi connectivity index (χ1) is 7.48. The molecule has 0 saturated heterocycles. The summed E-state index contributed by atoms with van der Waals surface area (Å²) >= 11 is 0. The summed E-state index contributed by atoms with van der Waals surface area (Å²) in [5.41, 5.74) is 3.33. The van der Waals surface area contributed by atoms with E-state index in [1.165, 1.54) is 36.4 Å². The molecule has 0 aromatic heterocycles. The zero-order chi connectivity index (χ0) is 12.2. The Morgan fingerprint density at radius 1 is 1.31 bits per heavy atom. The second-order valence-corrected chi connectivity index (χ2v) is 3.23. The van der Waals surface area contributed by atoms with Crippen LogP contribution in [0.25, 0.3) is 6.08 Å². The summed E-state index contributed by atoms with van der Waals surface area (Å²) in [5, 5.41) is 8.51. The molecule has 84 valence electrons. The van der Waals surface area contributed by atoms with E-state index in [4.69, 9.17) is 11.0 Å². The van der Waals surface area contributed by atoms with Gasteiger partial charge in [-0.2, -0.15) is 5.26 Å². The molecular weight excluding hydrogens is 217 g/mol. The van der Waals surface area contributed by atoms with Crippen LogP contribution in [0.4, 0.5) is 13.2 Å². The molecule has 5 heteroatoms. The van der Waals surface area contributed by atoms with Crippen molar-refractivity contribution in [3.8, 4) is 6.07 Å². The van der Waals surface area contributed by atoms with Crippen LogP contribution in [0, 0.1) is 17.1 Å². The Morgan fingerprint density at radius 3 is 2.31 bits per heavy atom. The van der Waals surface area contributed by atoms with Gasteiger partial charge >= 0.3 is 0 Å². The highest BCUT2D eigenvalue weighted by molar-refractivity contribution is 5.52. The van der Waals surface area contributed by atoms with Crippen LogP contribution in [0.5, 0.6) is 0 Å². The lowest BCUT2D eigenvalue weighted by molar-refractivity contribution is 0.106. The lowest BCUT2D eigenvalue weighted by Gasteiger charge is -2.14. The van der Waals surface area contributed by atoms with Gasteiger partial charge < -0.3 is 5.73 Å². The zero-order valence-corrected chi connectivity index (χ0v) is 8.20. The van der Waals surface area contributed by atoms with Crippen LogP contribution < -0.4 is 5.73 Å². The molecule has 16 heavy (non-hydrogen) atoms. The van der Waals surface area contributed by atoms with Gasteiger partial charge in [-0.3, -0.25) is 0 Å². The molecule has 1 unspecified atom stereocenters. The Kier molecular flexibility index (Phi) is 3.69. The van der Waals surface area contributed by atoms with E-state index in [9.17, 15) is 13.2 Å². The largest absolute Gasteiger partial charge is 0.305 e. The van der Waals surface area contributed by atoms with E-state index in [0.717, 1.165) is 6.08 Å². The fourth-order valence-electron chi connectivity index (χ4n) is 0.967. The summed E-state index contributed by atoms with van der Waals surface area (Å²) in [5.74, 6) is -0.426. The van der Waals surface area contributed by atoms with Crippen LogP contribution >= 0.6 is 0 Å². The van der Waals surface area contributed by atoms with Gasteiger partial charge in [-0.05, 0) is 23.8 Å². The third-order valence-corrected chi connectivity index (χ3v) is 1.98. The van der Waals surface area contributed by atoms with E-state index in [1.807, 2.05) is 0 Å². The normalized spacial score (nSPS) is 15.0. The molecule has 1 atom stereocenters. The molecule has 1 rings (SSSR count). The predicted molar refractivity (Wildman–Crippen MR) is 54.0 cm³/mol. The van der Waals surface area contributed by atoms with E-state index in [0.29, 0.717) is 5.56 Å². The van der Waals surface area contributed by atoms with E-state index in [1.54, 1.807) is 0 Å². The first-order valence-corrected chi connectivity index (χ1v) is 4.41. The number of hydrogen-bond acceptors (Lipinski definition) is 2. The van der Waals surface area contributed by atoms with E-state index in [2.05, 4.69) is 0 Å². The SMILES string of the molecule is N#CC(N)(/C=C/c1ccc(F)cc1)C(F)F. The molecule has 2 nitrogen and oxygen atoms in total. The van der Waals surface area contributed by atoms with E-state index >= 15 is 0 Å². The van der Waals surface area contributed by atoms with Crippen molar-refractivity contribution in [3.63, 3.8) is 0 Å². The van der Waals surface area contributed by atoms with Crippen molar-refractivity contribution in [2.75, 3.05) is 0 Å². The molecule has 2 N–H and O–H groups in total. The van der Waals surface area contributed by atoms with Crippen molar-refractivity contribution in [2.45, 2.75) is 12.0 Å². The minimum atomic E-state index is -2.98. The fourth-order valence-corrected chi connectivity index (χ4v) is 0.967. The summed E-state index contributed by atoms with van der Waals surface area (Å²) in [6.07, 6.45) is -0.811. The van der Waals surface area contributed by atoms with Crippen LogP contribution in [0.1, 0.15) is 5.56 Å². The second kappa shape index (κ2) is 4.81. The molecule has 1 aromatic rings. The first-order valence-electron chi connectivity index (χ1n) is 4.41. The van der Waals surface area contributed by atoms with Crippen LogP contribution in [-0.2, 0) is 0 Å². The monoisotopic (exact) mass is 226 g/mol. The lowest BCUT2D eigenvalue weighted by Crippen LogP contribution is -2.43. The molecule has 1 aromatic carbocycles. The molecule has 0 aliphatic rings. The zero-order valence-electron chi connectivity index (χ0n) is 8.20. The fraction of sp³-hybridized carbons (Fsp3) is 0.182. The smallest absolute Gasteiger partial charge is 0.273 e. The highest BCUT2D eigenvalue weighted by Crippen LogP contribution is 2.15. The Morgan fingerprint density at radius 2 is 1.88 bits per heavy atom. The maximum absolute atomic E-state index is 12.5. The molecule has 0 aliphatic heterocycles. The topological polar surface area (TPSA) is 49.8 Å². The van der Waals surface area contributed by atoms with Crippen molar-refractivity contribution < 1.29 is 13.2 Å². The summed E-state index contributed by atoms with van der Waals surface area (Å²) < 4.78 is 37.3. The number of alkyl halides is 2. The lowest BCUT2D eigenvalue weighted by atomic mass is 10.0. The Balaban J connectivity index is 2.88. The standard InChI is InChI=1S/C11H9F3N2/c12-9-3-1-8(2-4-9)5-6-11(16,7-15)10(13)14/h1-6,10H,16H2/b6-5+. The summed E-state index contributed by atoms with van der Waals surface area (Å²) in [4.78, 5) is 0. The first kappa shape index (κ1) is 12.3. The number of nitrogens with two attached hydrogens (primary N) is 1. The van der Waals surface area contributed by atoms with Gasteiger partial charge in [0.1, 0.15) is 5.82 Å². The predicted octanol–water partition coefficient (Wildman–Crippen LogP) is 2.33. The summed E-state index contributed by atoms with van der Waals surface area (Å²) in [6, 6.07) is 6.50. The number of nitriles is 1. The number of rotatable bonds is 3. The van der Waals surface area contributed by atoms with E-state index in [-0.39, 0.29) is 0 Å². The van der Waals surface area contributed by atoms with Gasteiger partial charge in [-0.1, -0.05) is 18.2 Å². The summed E-state index contributed by atoms with van der Waals surface area (Å²) in [7, 11) is 0. The Bertz CT molecular complexity index is 420. The number of halogens is 3. The van der Waals surface area contributed by atoms with Crippen LogP contribution in [0.2, 0.25) is 0 Å². The maximum atomic E-state index is 12.5. The van der Waals surface area contributed by atoms with Crippen molar-refractivity contribution in [3.05, 3.63) is 41.7 Å². The second-order valence-electron chi connectivity index (χ2n) is 3.23. The molecule has 0 fully saturated rings. The molecular formula is C11H9F3N2. The molecule has 0 aliphatic carbocycles. The number of benzene rings is 1. The van der Waals surface area contributed by atoms with Gasteiger partial charge in [0.2, 0.25) is 0 Å². The van der Waals surface area contributed by atoms with Crippen LogP contribution in [0.3, 0.4) is 0 Å². The van der Waals surface area contributed by atoms with Gasteiger partial charge in [0.25, 0.3) is 6.43 Å². The molecule has 0 bridgehead atoms. The number of hydrogen-bond donors (Lipinski definition) is 1. The van der Waals surface area contributed by atoms with Gasteiger partial charge in [-0.15, -0.1) is 0 Å². The Labute approximate surface area is 90.8 Å². The van der Waals surface area contributed by atoms with Gasteiger partial charge in [0.15, 0.2) is 5.54 Å². The molecule has 0 spiro atoms. The van der Waals surface area contributed by atoms with Crippen LogP contribution in [0.15, 0.2) is 30.3 Å². The third-order valence-electron chi connectivity index (χ3n) is 1.98. The van der Waals surface area contributed by atoms with Crippen molar-refractivity contribution in [1.82, 2.24) is 0 Å². The van der Waals surface area contributed by atoms with Crippen molar-refractivity contribution in [1.29, 1.82) is 5.26 Å². The molecule has 0 heterocycles. The number of nitrogens with zero attached hydrogens (tertiary/aromatic N) is 1. The van der Waals surface area contributed by atoms with Gasteiger partial charge in [0.05, 0.1) is 6.07 Å². The molecule has 0 radical (unpaired) electrons. The molecule has 0 amide bonds. The molecule has 0 saturated carbocycles. The summed E-state index contributed by atoms with van der Waals surface area (Å²) in [6.45, 7) is 0. The third kappa shape index (κ3) is 2.84. The minimum Gasteiger partial charge on any atom is -0.305 e. The van der Waals surface area contributed by atoms with Crippen molar-refractivity contribution >= 4 is 6.08 Å². The minimum absolute atomic E-state index is 0.426. The Hall–Kier alpha value is -1.80. The average Bonchev–Trinajstić information content (AvgIpc) is 2.27. The van der Waals surface area contributed by atoms with Gasteiger partial charge in [0, 0.05) is 0 Å². The highest BCUT2D eigenvalue weighted by Gasteiger charge is 2.32. The average molecular weight is 226 g/mol. The van der Waals surface area contributed by atoms with E-state index < -0.39 is 17.8 Å². The van der Waals surface area contributed by atoms with Gasteiger partial charge in [-0.25, -0.2) is 13.2 Å². The highest BCUT2D eigenvalue weighted by atomic mass is 19.3. The maximum Gasteiger partial charge on any atom is 0.273 e. The van der Waals surface area contributed by atoms with Crippen LogP contribution in [-0.4, -0.2) is 12.0 Å². The quantitative estimate of drug-likeness (QED) is 0.859.